The Morgan fingerprint density at radius 1 is 1.39 bits per heavy atom. The van der Waals surface area contributed by atoms with E-state index in [4.69, 9.17) is 4.74 Å². The molecule has 2 heterocycles. The van der Waals surface area contributed by atoms with E-state index in [-0.39, 0.29) is 6.04 Å². The lowest BCUT2D eigenvalue weighted by atomic mass is 10.2. The third-order valence-corrected chi connectivity index (χ3v) is 4.46. The number of ether oxygens (including phenoxy) is 1. The van der Waals surface area contributed by atoms with E-state index in [1.54, 1.807) is 25.3 Å². The van der Waals surface area contributed by atoms with E-state index < -0.39 is 10.2 Å². The molecule has 7 heteroatoms. The molecule has 1 aliphatic rings. The van der Waals surface area contributed by atoms with E-state index >= 15 is 0 Å². The Kier molecular flexibility index (Phi) is 4.28. The molecule has 1 saturated heterocycles. The summed E-state index contributed by atoms with van der Waals surface area (Å²) in [7, 11) is -3.47. The van der Waals surface area contributed by atoms with Gasteiger partial charge in [0.15, 0.2) is 0 Å². The van der Waals surface area contributed by atoms with Crippen LogP contribution in [0, 0.1) is 0 Å². The normalized spacial score (nSPS) is 19.6. The Balaban J connectivity index is 2.03. The third-order valence-electron chi connectivity index (χ3n) is 2.77. The van der Waals surface area contributed by atoms with Crippen molar-refractivity contribution >= 4 is 10.2 Å². The fourth-order valence-electron chi connectivity index (χ4n) is 1.78. The van der Waals surface area contributed by atoms with Crippen LogP contribution in [0.3, 0.4) is 0 Å². The largest absolute Gasteiger partial charge is 0.379 e. The van der Waals surface area contributed by atoms with Crippen LogP contribution >= 0.6 is 0 Å². The van der Waals surface area contributed by atoms with Crippen LogP contribution in [-0.4, -0.2) is 44.0 Å². The molecule has 0 spiro atoms. The average Bonchev–Trinajstić information content (AvgIpc) is 2.40. The van der Waals surface area contributed by atoms with Gasteiger partial charge in [-0.25, -0.2) is 0 Å². The summed E-state index contributed by atoms with van der Waals surface area (Å²) in [6.45, 7) is 3.45. The van der Waals surface area contributed by atoms with Crippen molar-refractivity contribution in [2.75, 3.05) is 26.3 Å². The number of pyridine rings is 1. The van der Waals surface area contributed by atoms with Crippen LogP contribution in [-0.2, 0) is 14.9 Å². The van der Waals surface area contributed by atoms with Crippen LogP contribution in [0.2, 0.25) is 0 Å². The van der Waals surface area contributed by atoms with Gasteiger partial charge in [0.05, 0.1) is 24.9 Å². The lowest BCUT2D eigenvalue weighted by molar-refractivity contribution is 0.0723. The summed E-state index contributed by atoms with van der Waals surface area (Å²) < 4.78 is 33.4. The van der Waals surface area contributed by atoms with E-state index in [1.165, 1.54) is 4.31 Å². The van der Waals surface area contributed by atoms with E-state index in [0.717, 1.165) is 0 Å². The van der Waals surface area contributed by atoms with Gasteiger partial charge in [-0.1, -0.05) is 6.07 Å². The fraction of sp³-hybridized carbons (Fsp3) is 0.545. The summed E-state index contributed by atoms with van der Waals surface area (Å²) in [5.74, 6) is 0. The molecular weight excluding hydrogens is 254 g/mol. The lowest BCUT2D eigenvalue weighted by Crippen LogP contribution is -2.47. The molecule has 18 heavy (non-hydrogen) atoms. The molecule has 1 aromatic rings. The topological polar surface area (TPSA) is 71.5 Å². The number of nitrogens with zero attached hydrogens (tertiary/aromatic N) is 2. The first kappa shape index (κ1) is 13.4. The second-order valence-corrected chi connectivity index (χ2v) is 5.81. The molecule has 1 aromatic heterocycles. The summed E-state index contributed by atoms with van der Waals surface area (Å²) in [4.78, 5) is 4.14. The highest BCUT2D eigenvalue weighted by Gasteiger charge is 2.26. The molecule has 0 aliphatic carbocycles. The molecule has 1 unspecified atom stereocenters. The number of aromatic nitrogens is 1. The monoisotopic (exact) mass is 271 g/mol. The van der Waals surface area contributed by atoms with Crippen LogP contribution in [0.15, 0.2) is 24.4 Å². The van der Waals surface area contributed by atoms with Crippen molar-refractivity contribution in [2.24, 2.45) is 0 Å². The number of morpholine rings is 1. The van der Waals surface area contributed by atoms with Crippen molar-refractivity contribution in [3.05, 3.63) is 30.1 Å². The Hall–Kier alpha value is -1.02. The van der Waals surface area contributed by atoms with Crippen molar-refractivity contribution in [3.8, 4) is 0 Å². The van der Waals surface area contributed by atoms with Gasteiger partial charge in [-0.2, -0.15) is 17.4 Å². The lowest BCUT2D eigenvalue weighted by Gasteiger charge is -2.27. The van der Waals surface area contributed by atoms with Gasteiger partial charge in [0.1, 0.15) is 0 Å². The van der Waals surface area contributed by atoms with E-state index in [9.17, 15) is 8.42 Å². The Morgan fingerprint density at radius 3 is 2.72 bits per heavy atom. The third kappa shape index (κ3) is 3.26. The second-order valence-electron chi connectivity index (χ2n) is 4.11. The molecular formula is C11H17N3O3S. The molecule has 0 aromatic carbocycles. The van der Waals surface area contributed by atoms with Crippen LogP contribution in [0.5, 0.6) is 0 Å². The number of nitrogens with one attached hydrogen (secondary N) is 1. The number of rotatable bonds is 4. The number of hydrogen-bond donors (Lipinski definition) is 1. The van der Waals surface area contributed by atoms with Crippen LogP contribution < -0.4 is 4.72 Å². The highest BCUT2D eigenvalue weighted by molar-refractivity contribution is 7.87. The molecule has 2 rings (SSSR count). The standard InChI is InChI=1S/C11H17N3O3S/c1-10(11-4-2-3-5-12-11)13-18(15,16)14-6-8-17-9-7-14/h2-5,10,13H,6-9H2,1H3. The van der Waals surface area contributed by atoms with Crippen molar-refractivity contribution in [1.29, 1.82) is 0 Å². The zero-order chi connectivity index (χ0) is 13.0. The summed E-state index contributed by atoms with van der Waals surface area (Å²) >= 11 is 0. The average molecular weight is 271 g/mol. The van der Waals surface area contributed by atoms with Crippen LogP contribution in [0.25, 0.3) is 0 Å². The SMILES string of the molecule is CC(NS(=O)(=O)N1CCOCC1)c1ccccn1. The molecule has 100 valence electrons. The minimum atomic E-state index is -3.47. The zero-order valence-corrected chi connectivity index (χ0v) is 11.1. The molecule has 1 atom stereocenters. The maximum atomic E-state index is 12.1. The summed E-state index contributed by atoms with van der Waals surface area (Å²) in [6.07, 6.45) is 1.65. The predicted octanol–water partition coefficient (Wildman–Crippen LogP) is 0.309. The summed E-state index contributed by atoms with van der Waals surface area (Å²) in [6, 6.07) is 5.08. The molecule has 1 N–H and O–H groups in total. The van der Waals surface area contributed by atoms with Crippen molar-refractivity contribution in [1.82, 2.24) is 14.0 Å². The first-order valence-electron chi connectivity index (χ1n) is 5.86. The maximum absolute atomic E-state index is 12.1. The minimum absolute atomic E-state index is 0.348. The van der Waals surface area contributed by atoms with Crippen molar-refractivity contribution < 1.29 is 13.2 Å². The van der Waals surface area contributed by atoms with Crippen molar-refractivity contribution in [3.63, 3.8) is 0 Å². The van der Waals surface area contributed by atoms with Gasteiger partial charge in [-0.15, -0.1) is 0 Å². The Labute approximate surface area is 107 Å². The van der Waals surface area contributed by atoms with Crippen LogP contribution in [0.1, 0.15) is 18.7 Å². The highest BCUT2D eigenvalue weighted by Crippen LogP contribution is 2.12. The van der Waals surface area contributed by atoms with E-state index in [2.05, 4.69) is 9.71 Å². The molecule has 1 fully saturated rings. The Bertz CT molecular complexity index is 472. The first-order valence-corrected chi connectivity index (χ1v) is 7.30. The summed E-state index contributed by atoms with van der Waals surface area (Å²) in [5.41, 5.74) is 0.703. The molecule has 0 radical (unpaired) electrons. The quantitative estimate of drug-likeness (QED) is 0.855. The van der Waals surface area contributed by atoms with Gasteiger partial charge >= 0.3 is 0 Å². The highest BCUT2D eigenvalue weighted by atomic mass is 32.2. The van der Waals surface area contributed by atoms with Gasteiger partial charge in [0, 0.05) is 19.3 Å². The van der Waals surface area contributed by atoms with Crippen LogP contribution in [0.4, 0.5) is 0 Å². The predicted molar refractivity (Wildman–Crippen MR) is 67.1 cm³/mol. The molecule has 0 bridgehead atoms. The van der Waals surface area contributed by atoms with Gasteiger partial charge in [-0.3, -0.25) is 4.98 Å². The smallest absolute Gasteiger partial charge is 0.280 e. The zero-order valence-electron chi connectivity index (χ0n) is 10.2. The van der Waals surface area contributed by atoms with Gasteiger partial charge in [0.25, 0.3) is 10.2 Å². The Morgan fingerprint density at radius 2 is 2.11 bits per heavy atom. The van der Waals surface area contributed by atoms with Gasteiger partial charge in [0.2, 0.25) is 0 Å². The molecule has 1 aliphatic heterocycles. The van der Waals surface area contributed by atoms with Crippen molar-refractivity contribution in [2.45, 2.75) is 13.0 Å². The van der Waals surface area contributed by atoms with E-state index in [0.29, 0.717) is 32.0 Å². The van der Waals surface area contributed by atoms with E-state index in [1.807, 2.05) is 6.07 Å². The minimum Gasteiger partial charge on any atom is -0.379 e. The van der Waals surface area contributed by atoms with Gasteiger partial charge in [-0.05, 0) is 19.1 Å². The molecule has 0 saturated carbocycles. The second kappa shape index (κ2) is 5.75. The summed E-state index contributed by atoms with van der Waals surface area (Å²) in [5, 5.41) is 0. The molecule has 6 nitrogen and oxygen atoms in total. The van der Waals surface area contributed by atoms with Gasteiger partial charge < -0.3 is 4.74 Å². The number of hydrogen-bond acceptors (Lipinski definition) is 4. The maximum Gasteiger partial charge on any atom is 0.280 e. The fourth-order valence-corrected chi connectivity index (χ4v) is 3.12. The first-order chi connectivity index (χ1) is 8.59. The molecule has 0 amide bonds.